The van der Waals surface area contributed by atoms with Crippen LogP contribution in [0.4, 0.5) is 18.9 Å². The van der Waals surface area contributed by atoms with Gasteiger partial charge in [-0.2, -0.15) is 13.2 Å². The van der Waals surface area contributed by atoms with Crippen LogP contribution in [0.15, 0.2) is 18.2 Å². The van der Waals surface area contributed by atoms with Gasteiger partial charge in [0.15, 0.2) is 0 Å². The van der Waals surface area contributed by atoms with E-state index in [0.717, 1.165) is 18.9 Å². The maximum Gasteiger partial charge on any atom is 0.418 e. The molecule has 0 radical (unpaired) electrons. The number of rotatable bonds is 1. The number of nitrogens with one attached hydrogen (secondary N) is 1. The molecule has 0 bridgehead atoms. The van der Waals surface area contributed by atoms with Crippen molar-refractivity contribution in [3.8, 4) is 0 Å². The summed E-state index contributed by atoms with van der Waals surface area (Å²) in [5, 5.41) is 1.91. The highest BCUT2D eigenvalue weighted by molar-refractivity contribution is 6.39. The summed E-state index contributed by atoms with van der Waals surface area (Å²) in [5.74, 6) is -1.90. The fraction of sp³-hybridized carbons (Fsp3) is 0.385. The second kappa shape index (κ2) is 5.93. The molecule has 114 valence electrons. The molecule has 0 spiro atoms. The first kappa shape index (κ1) is 15.6. The van der Waals surface area contributed by atoms with E-state index in [0.29, 0.717) is 19.2 Å². The summed E-state index contributed by atoms with van der Waals surface area (Å²) in [6.07, 6.45) is -3.11. The van der Waals surface area contributed by atoms with Gasteiger partial charge >= 0.3 is 18.0 Å². The van der Waals surface area contributed by atoms with Crippen LogP contribution in [0.3, 0.4) is 0 Å². The zero-order valence-corrected chi connectivity index (χ0v) is 11.6. The van der Waals surface area contributed by atoms with E-state index in [9.17, 15) is 22.8 Å². The van der Waals surface area contributed by atoms with Crippen LogP contribution in [0.25, 0.3) is 0 Å². The van der Waals surface area contributed by atoms with E-state index in [2.05, 4.69) is 0 Å². The van der Waals surface area contributed by atoms with Gasteiger partial charge in [0.1, 0.15) is 0 Å². The second-order valence-electron chi connectivity index (χ2n) is 4.64. The molecule has 1 aliphatic heterocycles. The van der Waals surface area contributed by atoms with Crippen LogP contribution >= 0.6 is 11.6 Å². The number of nitrogens with zero attached hydrogens (tertiary/aromatic N) is 1. The summed E-state index contributed by atoms with van der Waals surface area (Å²) in [7, 11) is 0. The lowest BCUT2D eigenvalue weighted by atomic mass is 10.1. The number of hydrogen-bond donors (Lipinski definition) is 1. The molecule has 0 unspecified atom stereocenters. The Morgan fingerprint density at radius 1 is 1.19 bits per heavy atom. The molecule has 1 aliphatic rings. The molecule has 0 aromatic heterocycles. The molecule has 1 N–H and O–H groups in total. The monoisotopic (exact) mass is 320 g/mol. The molecule has 8 heteroatoms. The average molecular weight is 321 g/mol. The van der Waals surface area contributed by atoms with Crippen LogP contribution in [0, 0.1) is 0 Å². The standard InChI is InChI=1S/C13H12ClF3N2O2/c14-8-3-4-10(9(7-8)13(15,16)17)18-11(20)12(21)19-5-1-2-6-19/h3-4,7H,1-2,5-6H2,(H,18,20). The molecule has 1 saturated heterocycles. The zero-order chi connectivity index (χ0) is 15.6. The number of likely N-dealkylation sites (tertiary alicyclic amines) is 1. The van der Waals surface area contributed by atoms with E-state index in [4.69, 9.17) is 11.6 Å². The van der Waals surface area contributed by atoms with Gasteiger partial charge in [0.2, 0.25) is 0 Å². The van der Waals surface area contributed by atoms with Crippen LogP contribution in [0.2, 0.25) is 5.02 Å². The lowest BCUT2D eigenvalue weighted by Crippen LogP contribution is -2.38. The second-order valence-corrected chi connectivity index (χ2v) is 5.08. The quantitative estimate of drug-likeness (QED) is 0.809. The highest BCUT2D eigenvalue weighted by Crippen LogP contribution is 2.36. The Labute approximate surface area is 123 Å². The minimum Gasteiger partial charge on any atom is -0.334 e. The Balaban J connectivity index is 2.19. The number of anilines is 1. The number of hydrogen-bond acceptors (Lipinski definition) is 2. The molecule has 21 heavy (non-hydrogen) atoms. The van der Waals surface area contributed by atoms with E-state index in [1.165, 1.54) is 11.0 Å². The zero-order valence-electron chi connectivity index (χ0n) is 10.8. The van der Waals surface area contributed by atoms with Gasteiger partial charge in [0.25, 0.3) is 0 Å². The third-order valence-corrected chi connectivity index (χ3v) is 3.36. The summed E-state index contributed by atoms with van der Waals surface area (Å²) in [6.45, 7) is 0.887. The van der Waals surface area contributed by atoms with E-state index in [1.807, 2.05) is 5.32 Å². The van der Waals surface area contributed by atoms with Gasteiger partial charge < -0.3 is 10.2 Å². The van der Waals surface area contributed by atoms with Crippen molar-refractivity contribution >= 4 is 29.1 Å². The van der Waals surface area contributed by atoms with Gasteiger partial charge in [-0.05, 0) is 31.0 Å². The fourth-order valence-corrected chi connectivity index (χ4v) is 2.27. The normalized spacial score (nSPS) is 15.1. The molecule has 0 saturated carbocycles. The Bertz CT molecular complexity index is 569. The molecule has 2 rings (SSSR count). The topological polar surface area (TPSA) is 49.4 Å². The van der Waals surface area contributed by atoms with Crippen molar-refractivity contribution < 1.29 is 22.8 Å². The molecule has 1 aromatic rings. The molecule has 0 aliphatic carbocycles. The molecule has 1 aromatic carbocycles. The van der Waals surface area contributed by atoms with Crippen molar-refractivity contribution in [1.82, 2.24) is 4.90 Å². The smallest absolute Gasteiger partial charge is 0.334 e. The van der Waals surface area contributed by atoms with Gasteiger partial charge in [0.05, 0.1) is 11.3 Å². The molecule has 0 atom stereocenters. The maximum absolute atomic E-state index is 12.9. The molecule has 2 amide bonds. The number of alkyl halides is 3. The number of carbonyl (C=O) groups is 2. The lowest BCUT2D eigenvalue weighted by molar-refractivity contribution is -0.142. The van der Waals surface area contributed by atoms with Crippen LogP contribution in [0.5, 0.6) is 0 Å². The summed E-state index contributed by atoms with van der Waals surface area (Å²) in [6, 6.07) is 2.95. The Hall–Kier alpha value is -1.76. The molecule has 4 nitrogen and oxygen atoms in total. The number of benzene rings is 1. The molecule has 1 fully saturated rings. The Kier molecular flexibility index (Phi) is 4.41. The summed E-state index contributed by atoms with van der Waals surface area (Å²) in [4.78, 5) is 24.9. The first-order chi connectivity index (χ1) is 9.79. The van der Waals surface area contributed by atoms with Gasteiger partial charge in [-0.15, -0.1) is 0 Å². The highest BCUT2D eigenvalue weighted by Gasteiger charge is 2.35. The van der Waals surface area contributed by atoms with Crippen molar-refractivity contribution in [2.24, 2.45) is 0 Å². The van der Waals surface area contributed by atoms with E-state index in [1.54, 1.807) is 0 Å². The molecule has 1 heterocycles. The first-order valence-corrected chi connectivity index (χ1v) is 6.64. The highest BCUT2D eigenvalue weighted by atomic mass is 35.5. The van der Waals surface area contributed by atoms with Crippen molar-refractivity contribution in [1.29, 1.82) is 0 Å². The number of halogens is 4. The van der Waals surface area contributed by atoms with Crippen molar-refractivity contribution in [3.63, 3.8) is 0 Å². The number of carbonyl (C=O) groups excluding carboxylic acids is 2. The third-order valence-electron chi connectivity index (χ3n) is 3.12. The molecular weight excluding hydrogens is 309 g/mol. The first-order valence-electron chi connectivity index (χ1n) is 6.26. The Morgan fingerprint density at radius 3 is 2.38 bits per heavy atom. The molecular formula is C13H12ClF3N2O2. The van der Waals surface area contributed by atoms with Gasteiger partial charge in [-0.25, -0.2) is 0 Å². The maximum atomic E-state index is 12.9. The van der Waals surface area contributed by atoms with E-state index >= 15 is 0 Å². The average Bonchev–Trinajstić information content (AvgIpc) is 2.92. The SMILES string of the molecule is O=C(Nc1ccc(Cl)cc1C(F)(F)F)C(=O)N1CCCC1. The van der Waals surface area contributed by atoms with Crippen LogP contribution in [-0.4, -0.2) is 29.8 Å². The fourth-order valence-electron chi connectivity index (χ4n) is 2.10. The predicted molar refractivity (Wildman–Crippen MR) is 70.9 cm³/mol. The summed E-state index contributed by atoms with van der Waals surface area (Å²) < 4.78 is 38.6. The number of amides is 2. The minimum atomic E-state index is -4.68. The van der Waals surface area contributed by atoms with Crippen molar-refractivity contribution in [2.75, 3.05) is 18.4 Å². The van der Waals surface area contributed by atoms with Crippen LogP contribution in [-0.2, 0) is 15.8 Å². The van der Waals surface area contributed by atoms with Gasteiger partial charge in [0, 0.05) is 18.1 Å². The summed E-state index contributed by atoms with van der Waals surface area (Å²) >= 11 is 5.54. The van der Waals surface area contributed by atoms with Gasteiger partial charge in [-0.3, -0.25) is 9.59 Å². The van der Waals surface area contributed by atoms with Crippen LogP contribution in [0.1, 0.15) is 18.4 Å². The van der Waals surface area contributed by atoms with Crippen LogP contribution < -0.4 is 5.32 Å². The van der Waals surface area contributed by atoms with Crippen molar-refractivity contribution in [2.45, 2.75) is 19.0 Å². The lowest BCUT2D eigenvalue weighted by Gasteiger charge is -2.17. The van der Waals surface area contributed by atoms with Gasteiger partial charge in [-0.1, -0.05) is 11.6 Å². The predicted octanol–water partition coefficient (Wildman–Crippen LogP) is 2.92. The minimum absolute atomic E-state index is 0.105. The summed E-state index contributed by atoms with van der Waals surface area (Å²) in [5.41, 5.74) is -1.57. The van der Waals surface area contributed by atoms with E-state index < -0.39 is 29.2 Å². The van der Waals surface area contributed by atoms with E-state index in [-0.39, 0.29) is 5.02 Å². The third kappa shape index (κ3) is 3.66. The van der Waals surface area contributed by atoms with Crippen molar-refractivity contribution in [3.05, 3.63) is 28.8 Å². The largest absolute Gasteiger partial charge is 0.418 e. The Morgan fingerprint density at radius 2 is 1.81 bits per heavy atom.